The third-order valence-corrected chi connectivity index (χ3v) is 3.29. The molecule has 0 aromatic heterocycles. The number of likely N-dealkylation sites (N-methyl/N-ethyl adjacent to an activating group) is 1. The van der Waals surface area contributed by atoms with Crippen molar-refractivity contribution in [1.82, 2.24) is 4.90 Å². The molecule has 0 fully saturated rings. The molecule has 0 bridgehead atoms. The highest BCUT2D eigenvalue weighted by atomic mass is 35.5. The number of benzene rings is 1. The Labute approximate surface area is 109 Å². The summed E-state index contributed by atoms with van der Waals surface area (Å²) in [6.07, 6.45) is 0. The molecule has 0 aliphatic heterocycles. The van der Waals surface area contributed by atoms with Crippen molar-refractivity contribution in [3.8, 4) is 5.75 Å². The van der Waals surface area contributed by atoms with Gasteiger partial charge in [-0.15, -0.1) is 0 Å². The molecule has 1 rings (SSSR count). The van der Waals surface area contributed by atoms with Crippen LogP contribution in [0.25, 0.3) is 0 Å². The van der Waals surface area contributed by atoms with Crippen LogP contribution in [0.4, 0.5) is 0 Å². The number of halogens is 1. The molecule has 2 N–H and O–H groups in total. The van der Waals surface area contributed by atoms with Crippen LogP contribution in [0.15, 0.2) is 12.1 Å². The Morgan fingerprint density at radius 3 is 2.35 bits per heavy atom. The smallest absolute Gasteiger partial charge is 0.124 e. The fraction of sp³-hybridized carbons (Fsp3) is 0.538. The van der Waals surface area contributed by atoms with Crippen LogP contribution in [-0.4, -0.2) is 32.1 Å². The number of rotatable bonds is 4. The van der Waals surface area contributed by atoms with Crippen molar-refractivity contribution in [2.75, 3.05) is 21.2 Å². The predicted octanol–water partition coefficient (Wildman–Crippen LogP) is 2.61. The second kappa shape index (κ2) is 5.71. The predicted molar refractivity (Wildman–Crippen MR) is 72.8 cm³/mol. The molecule has 4 heteroatoms. The molecule has 0 heterocycles. The molecule has 1 aromatic rings. The van der Waals surface area contributed by atoms with Crippen molar-refractivity contribution in [3.05, 3.63) is 28.3 Å². The average molecular weight is 257 g/mol. The van der Waals surface area contributed by atoms with E-state index in [-0.39, 0.29) is 12.1 Å². The molecule has 0 spiro atoms. The lowest BCUT2D eigenvalue weighted by Gasteiger charge is -2.29. The lowest BCUT2D eigenvalue weighted by molar-refractivity contribution is 0.258. The van der Waals surface area contributed by atoms with E-state index >= 15 is 0 Å². The lowest BCUT2D eigenvalue weighted by Crippen LogP contribution is -2.35. The van der Waals surface area contributed by atoms with Crippen LogP contribution in [-0.2, 0) is 0 Å². The van der Waals surface area contributed by atoms with Gasteiger partial charge in [0, 0.05) is 16.6 Å². The van der Waals surface area contributed by atoms with Gasteiger partial charge in [0.15, 0.2) is 0 Å². The van der Waals surface area contributed by atoms with E-state index in [9.17, 15) is 0 Å². The summed E-state index contributed by atoms with van der Waals surface area (Å²) in [5.41, 5.74) is 8.08. The molecule has 0 saturated heterocycles. The number of aryl methyl sites for hydroxylation is 1. The molecule has 17 heavy (non-hydrogen) atoms. The molecule has 1 aromatic carbocycles. The third kappa shape index (κ3) is 3.12. The van der Waals surface area contributed by atoms with Crippen molar-refractivity contribution in [2.45, 2.75) is 25.9 Å². The molecule has 0 aliphatic carbocycles. The maximum atomic E-state index is 6.18. The fourth-order valence-electron chi connectivity index (χ4n) is 2.11. The summed E-state index contributed by atoms with van der Waals surface area (Å²) in [5.74, 6) is 0.836. The molecule has 96 valence electrons. The first kappa shape index (κ1) is 14.3. The molecule has 0 saturated carbocycles. The monoisotopic (exact) mass is 256 g/mol. The number of hydrogen-bond acceptors (Lipinski definition) is 3. The number of methoxy groups -OCH3 is 1. The second-order valence-electron chi connectivity index (χ2n) is 4.61. The zero-order valence-corrected chi connectivity index (χ0v) is 11.9. The van der Waals surface area contributed by atoms with Crippen molar-refractivity contribution in [3.63, 3.8) is 0 Å². The maximum Gasteiger partial charge on any atom is 0.124 e. The highest BCUT2D eigenvalue weighted by Gasteiger charge is 2.23. The van der Waals surface area contributed by atoms with Crippen molar-refractivity contribution in [2.24, 2.45) is 5.73 Å². The Balaban J connectivity index is 3.31. The zero-order chi connectivity index (χ0) is 13.2. The van der Waals surface area contributed by atoms with E-state index < -0.39 is 0 Å². The maximum absolute atomic E-state index is 6.18. The molecular formula is C13H21ClN2O. The van der Waals surface area contributed by atoms with Gasteiger partial charge in [-0.2, -0.15) is 0 Å². The van der Waals surface area contributed by atoms with Gasteiger partial charge >= 0.3 is 0 Å². The summed E-state index contributed by atoms with van der Waals surface area (Å²) in [6, 6.07) is 3.99. The number of nitrogens with two attached hydrogens (primary N) is 1. The van der Waals surface area contributed by atoms with Crippen LogP contribution < -0.4 is 10.5 Å². The van der Waals surface area contributed by atoms with Gasteiger partial charge in [0.1, 0.15) is 5.75 Å². The van der Waals surface area contributed by atoms with E-state index in [1.807, 2.05) is 40.1 Å². The lowest BCUT2D eigenvalue weighted by atomic mass is 9.97. The topological polar surface area (TPSA) is 38.5 Å². The number of hydrogen-bond donors (Lipinski definition) is 1. The Morgan fingerprint density at radius 1 is 1.35 bits per heavy atom. The minimum atomic E-state index is -0.00215. The summed E-state index contributed by atoms with van der Waals surface area (Å²) in [4.78, 5) is 2.08. The standard InChI is InChI=1S/C13H21ClN2O/c1-8-6-12(17-5)10(7-11(8)14)13(9(2)15)16(3)4/h6-7,9,13H,15H2,1-5H3. The van der Waals surface area contributed by atoms with Gasteiger partial charge < -0.3 is 15.4 Å². The van der Waals surface area contributed by atoms with Crippen molar-refractivity contribution in [1.29, 1.82) is 0 Å². The van der Waals surface area contributed by atoms with Crippen molar-refractivity contribution >= 4 is 11.6 Å². The first-order valence-electron chi connectivity index (χ1n) is 5.64. The number of ether oxygens (including phenoxy) is 1. The van der Waals surface area contributed by atoms with Gasteiger partial charge in [0.2, 0.25) is 0 Å². The largest absolute Gasteiger partial charge is 0.496 e. The quantitative estimate of drug-likeness (QED) is 0.900. The summed E-state index contributed by atoms with van der Waals surface area (Å²) < 4.78 is 5.42. The molecular weight excluding hydrogens is 236 g/mol. The molecule has 3 nitrogen and oxygen atoms in total. The Hall–Kier alpha value is -0.770. The summed E-state index contributed by atoms with van der Waals surface area (Å²) >= 11 is 6.18. The molecule has 0 radical (unpaired) electrons. The van der Waals surface area contributed by atoms with Crippen LogP contribution in [0.2, 0.25) is 5.02 Å². The van der Waals surface area contributed by atoms with Gasteiger partial charge in [0.25, 0.3) is 0 Å². The molecule has 0 aliphatic rings. The van der Waals surface area contributed by atoms with Crippen LogP contribution in [0, 0.1) is 6.92 Å². The van der Waals surface area contributed by atoms with E-state index in [0.717, 1.165) is 21.9 Å². The highest BCUT2D eigenvalue weighted by molar-refractivity contribution is 6.31. The summed E-state index contributed by atoms with van der Waals surface area (Å²) in [7, 11) is 5.67. The first-order chi connectivity index (χ1) is 7.88. The zero-order valence-electron chi connectivity index (χ0n) is 11.1. The van der Waals surface area contributed by atoms with Crippen LogP contribution in [0.3, 0.4) is 0 Å². The van der Waals surface area contributed by atoms with Crippen molar-refractivity contribution < 1.29 is 4.74 Å². The molecule has 2 atom stereocenters. The average Bonchev–Trinajstić information content (AvgIpc) is 2.22. The Bertz CT molecular complexity index is 383. The van der Waals surface area contributed by atoms with Crippen LogP contribution in [0.1, 0.15) is 24.1 Å². The minimum absolute atomic E-state index is 0.00215. The van der Waals surface area contributed by atoms with E-state index in [1.165, 1.54) is 0 Å². The SMILES string of the molecule is COc1cc(C)c(Cl)cc1C(C(C)N)N(C)C. The summed E-state index contributed by atoms with van der Waals surface area (Å²) in [5, 5.41) is 0.744. The van der Waals surface area contributed by atoms with Gasteiger partial charge in [-0.05, 0) is 45.6 Å². The van der Waals surface area contributed by atoms with Gasteiger partial charge in [-0.1, -0.05) is 11.6 Å². The molecule has 2 unspecified atom stereocenters. The first-order valence-corrected chi connectivity index (χ1v) is 6.02. The van der Waals surface area contributed by atoms with Crippen LogP contribution >= 0.6 is 11.6 Å². The number of nitrogens with zero attached hydrogens (tertiary/aromatic N) is 1. The fourth-order valence-corrected chi connectivity index (χ4v) is 2.28. The highest BCUT2D eigenvalue weighted by Crippen LogP contribution is 2.34. The van der Waals surface area contributed by atoms with Gasteiger partial charge in [-0.3, -0.25) is 0 Å². The van der Waals surface area contributed by atoms with Gasteiger partial charge in [-0.25, -0.2) is 0 Å². The minimum Gasteiger partial charge on any atom is -0.496 e. The normalized spacial score (nSPS) is 14.8. The van der Waals surface area contributed by atoms with E-state index in [0.29, 0.717) is 0 Å². The Morgan fingerprint density at radius 2 is 1.94 bits per heavy atom. The summed E-state index contributed by atoms with van der Waals surface area (Å²) in [6.45, 7) is 3.95. The van der Waals surface area contributed by atoms with E-state index in [1.54, 1.807) is 7.11 Å². The van der Waals surface area contributed by atoms with E-state index in [2.05, 4.69) is 4.90 Å². The third-order valence-electron chi connectivity index (χ3n) is 2.88. The second-order valence-corrected chi connectivity index (χ2v) is 5.02. The van der Waals surface area contributed by atoms with Crippen LogP contribution in [0.5, 0.6) is 5.75 Å². The van der Waals surface area contributed by atoms with Gasteiger partial charge in [0.05, 0.1) is 13.2 Å². The molecule has 0 amide bonds. The Kier molecular flexibility index (Phi) is 4.80. The van der Waals surface area contributed by atoms with E-state index in [4.69, 9.17) is 22.1 Å².